The second kappa shape index (κ2) is 8.76. The first kappa shape index (κ1) is 23.8. The Morgan fingerprint density at radius 1 is 1.24 bits per heavy atom. The van der Waals surface area contributed by atoms with Crippen LogP contribution < -0.4 is 39.4 Å². The first-order chi connectivity index (χ1) is 15.2. The van der Waals surface area contributed by atoms with Gasteiger partial charge in [0.25, 0.3) is 0 Å². The van der Waals surface area contributed by atoms with E-state index in [1.165, 1.54) is 6.07 Å². The van der Waals surface area contributed by atoms with Crippen LogP contribution in [0.3, 0.4) is 0 Å². The topological polar surface area (TPSA) is 95.6 Å². The maximum absolute atomic E-state index is 12.2. The maximum Gasteiger partial charge on any atom is 1.00 e. The number of furan rings is 1. The van der Waals surface area contributed by atoms with Crippen molar-refractivity contribution in [3.05, 3.63) is 59.2 Å². The molecule has 0 atom stereocenters. The third kappa shape index (κ3) is 4.28. The molecule has 0 saturated heterocycles. The van der Waals surface area contributed by atoms with Crippen molar-refractivity contribution >= 4 is 27.8 Å². The van der Waals surface area contributed by atoms with Crippen molar-refractivity contribution in [1.82, 2.24) is 4.98 Å². The van der Waals surface area contributed by atoms with Crippen molar-refractivity contribution < 1.29 is 53.7 Å². The van der Waals surface area contributed by atoms with Crippen LogP contribution in [0.25, 0.3) is 33.3 Å². The zero-order chi connectivity index (χ0) is 22.6. The van der Waals surface area contributed by atoms with Gasteiger partial charge < -0.3 is 24.2 Å². The largest absolute Gasteiger partial charge is 1.00 e. The molecule has 0 unspecified atom stereocenters. The molecule has 0 bridgehead atoms. The van der Waals surface area contributed by atoms with Crippen LogP contribution in [0.15, 0.2) is 46.9 Å². The number of carbonyl (C=O) groups is 1. The maximum atomic E-state index is 12.2. The summed E-state index contributed by atoms with van der Waals surface area (Å²) in [5, 5.41) is 23.5. The number of carboxylic acid groups (broad SMARTS) is 1. The molecule has 164 valence electrons. The number of carbonyl (C=O) groups excluding carboxylic acids is 1. The van der Waals surface area contributed by atoms with Gasteiger partial charge in [0, 0.05) is 16.5 Å². The molecular formula is C26H24NNaO5. The van der Waals surface area contributed by atoms with E-state index in [1.54, 1.807) is 6.07 Å². The Hall–Kier alpha value is -2.38. The molecule has 1 aliphatic carbocycles. The zero-order valence-electron chi connectivity index (χ0n) is 19.3. The second-order valence-corrected chi connectivity index (χ2v) is 9.08. The minimum absolute atomic E-state index is 0. The molecule has 1 aliphatic rings. The Labute approximate surface area is 213 Å². The summed E-state index contributed by atoms with van der Waals surface area (Å²) < 4.78 is 12.0. The van der Waals surface area contributed by atoms with Crippen LogP contribution in [0.2, 0.25) is 0 Å². The summed E-state index contributed by atoms with van der Waals surface area (Å²) in [4.78, 5) is 16.9. The third-order valence-corrected chi connectivity index (χ3v) is 6.35. The summed E-state index contributed by atoms with van der Waals surface area (Å²) in [6.45, 7) is 6.04. The number of benzene rings is 2. The smallest absolute Gasteiger partial charge is 0.545 e. The van der Waals surface area contributed by atoms with E-state index in [1.807, 2.05) is 51.1 Å². The first-order valence-corrected chi connectivity index (χ1v) is 10.7. The van der Waals surface area contributed by atoms with Gasteiger partial charge in [0.15, 0.2) is 5.76 Å². The van der Waals surface area contributed by atoms with Gasteiger partial charge in [-0.3, -0.25) is 0 Å². The van der Waals surface area contributed by atoms with Crippen LogP contribution in [0.5, 0.6) is 5.75 Å². The fourth-order valence-corrected chi connectivity index (χ4v) is 4.77. The van der Waals surface area contributed by atoms with E-state index in [9.17, 15) is 15.0 Å². The zero-order valence-corrected chi connectivity index (χ0v) is 21.3. The Bertz CT molecular complexity index is 1370. The van der Waals surface area contributed by atoms with E-state index >= 15 is 0 Å². The summed E-state index contributed by atoms with van der Waals surface area (Å²) in [5.74, 6) is -0.0673. The van der Waals surface area contributed by atoms with E-state index in [-0.39, 0.29) is 41.0 Å². The predicted molar refractivity (Wildman–Crippen MR) is 120 cm³/mol. The molecule has 4 aromatic rings. The number of para-hydroxylation sites is 1. The molecule has 5 rings (SSSR count). The van der Waals surface area contributed by atoms with Crippen LogP contribution in [0.4, 0.5) is 0 Å². The number of pyridine rings is 1. The van der Waals surface area contributed by atoms with Gasteiger partial charge in [0.1, 0.15) is 17.0 Å². The van der Waals surface area contributed by atoms with E-state index in [0.29, 0.717) is 47.6 Å². The quantitative estimate of drug-likeness (QED) is 0.456. The first-order valence-electron chi connectivity index (χ1n) is 10.7. The summed E-state index contributed by atoms with van der Waals surface area (Å²) >= 11 is 0. The molecule has 2 aromatic heterocycles. The molecule has 2 aromatic carbocycles. The summed E-state index contributed by atoms with van der Waals surface area (Å²) in [6, 6.07) is 12.8. The summed E-state index contributed by atoms with van der Waals surface area (Å²) in [6.07, 6.45) is 1.33. The molecule has 33 heavy (non-hydrogen) atoms. The Morgan fingerprint density at radius 2 is 1.97 bits per heavy atom. The molecule has 0 amide bonds. The Morgan fingerprint density at radius 3 is 2.64 bits per heavy atom. The van der Waals surface area contributed by atoms with Gasteiger partial charge in [-0.2, -0.15) is 0 Å². The van der Waals surface area contributed by atoms with Gasteiger partial charge in [-0.15, -0.1) is 0 Å². The van der Waals surface area contributed by atoms with Crippen molar-refractivity contribution in [3.63, 3.8) is 0 Å². The SMILES string of the molecule is Cc1c(-c2cc(C(=O)[O-])c3c(OCC4CC(C)(O)C4)ccc(C)c3n2)oc2ccccc12.[Na+]. The number of aromatic carboxylic acids is 1. The van der Waals surface area contributed by atoms with E-state index < -0.39 is 11.6 Å². The molecule has 7 heteroatoms. The number of hydrogen-bond acceptors (Lipinski definition) is 6. The number of rotatable bonds is 5. The molecule has 6 nitrogen and oxygen atoms in total. The number of nitrogens with zero attached hydrogens (tertiary/aromatic N) is 1. The van der Waals surface area contributed by atoms with Crippen LogP contribution in [0.1, 0.15) is 41.3 Å². The monoisotopic (exact) mass is 453 g/mol. The molecule has 1 N–H and O–H groups in total. The van der Waals surface area contributed by atoms with Gasteiger partial charge in [0.2, 0.25) is 0 Å². The number of ether oxygens (including phenoxy) is 1. The van der Waals surface area contributed by atoms with Crippen molar-refractivity contribution in [2.24, 2.45) is 5.92 Å². The van der Waals surface area contributed by atoms with Gasteiger partial charge in [-0.1, -0.05) is 24.3 Å². The second-order valence-electron chi connectivity index (χ2n) is 9.08. The molecule has 1 saturated carbocycles. The number of hydrogen-bond donors (Lipinski definition) is 1. The minimum atomic E-state index is -1.30. The molecular weight excluding hydrogens is 429 g/mol. The molecule has 0 aliphatic heterocycles. The van der Waals surface area contributed by atoms with E-state index in [2.05, 4.69) is 0 Å². The van der Waals surface area contributed by atoms with Crippen LogP contribution in [0, 0.1) is 19.8 Å². The van der Waals surface area contributed by atoms with Crippen molar-refractivity contribution in [3.8, 4) is 17.2 Å². The van der Waals surface area contributed by atoms with Gasteiger partial charge >= 0.3 is 29.6 Å². The van der Waals surface area contributed by atoms with E-state index in [4.69, 9.17) is 14.1 Å². The van der Waals surface area contributed by atoms with Gasteiger partial charge in [-0.25, -0.2) is 4.98 Å². The number of aryl methyl sites for hydroxylation is 2. The van der Waals surface area contributed by atoms with Crippen molar-refractivity contribution in [2.75, 3.05) is 6.61 Å². The third-order valence-electron chi connectivity index (χ3n) is 6.35. The van der Waals surface area contributed by atoms with Crippen LogP contribution >= 0.6 is 0 Å². The average molecular weight is 453 g/mol. The Balaban J connectivity index is 0.00000259. The number of aromatic nitrogens is 1. The predicted octanol–water partition coefficient (Wildman–Crippen LogP) is 1.17. The standard InChI is InChI=1S/C26H25NO5.Na/c1-14-8-9-21(31-13-16-11-26(3,30)12-16)22-18(25(28)29)10-19(27-23(14)22)24-15(2)17-6-4-5-7-20(17)32-24;/h4-10,16,30H,11-13H2,1-3H3,(H,28,29);/q;+1/p-1. The minimum Gasteiger partial charge on any atom is -0.545 e. The van der Waals surface area contributed by atoms with Crippen LogP contribution in [-0.2, 0) is 0 Å². The van der Waals surface area contributed by atoms with Gasteiger partial charge in [-0.05, 0) is 63.3 Å². The molecule has 0 radical (unpaired) electrons. The Kier molecular flexibility index (Phi) is 6.31. The van der Waals surface area contributed by atoms with Crippen molar-refractivity contribution in [2.45, 2.75) is 39.2 Å². The fraction of sp³-hybridized carbons (Fsp3) is 0.308. The number of fused-ring (bicyclic) bond motifs is 2. The normalized spacial score (nSPS) is 19.8. The molecule has 0 spiro atoms. The summed E-state index contributed by atoms with van der Waals surface area (Å²) in [5.41, 5.74) is 2.82. The molecule has 1 fully saturated rings. The summed E-state index contributed by atoms with van der Waals surface area (Å²) in [7, 11) is 0. The fourth-order valence-electron chi connectivity index (χ4n) is 4.77. The van der Waals surface area contributed by atoms with Crippen LogP contribution in [-0.4, -0.2) is 28.3 Å². The number of carboxylic acids is 1. The van der Waals surface area contributed by atoms with Crippen molar-refractivity contribution in [1.29, 1.82) is 0 Å². The average Bonchev–Trinajstić information content (AvgIpc) is 3.08. The number of aliphatic hydroxyl groups is 1. The van der Waals surface area contributed by atoms with E-state index in [0.717, 1.165) is 22.1 Å². The molecule has 2 heterocycles. The van der Waals surface area contributed by atoms with Gasteiger partial charge in [0.05, 0.1) is 29.1 Å².